The Bertz CT molecular complexity index is 427. The number of nitrogens with zero attached hydrogens (tertiary/aromatic N) is 1. The highest BCUT2D eigenvalue weighted by Crippen LogP contribution is 2.26. The molecule has 0 saturated carbocycles. The first-order valence-electron chi connectivity index (χ1n) is 5.80. The summed E-state index contributed by atoms with van der Waals surface area (Å²) in [5.74, 6) is 1.54. The zero-order valence-corrected chi connectivity index (χ0v) is 10.6. The van der Waals surface area contributed by atoms with Gasteiger partial charge >= 0.3 is 0 Å². The van der Waals surface area contributed by atoms with Crippen LogP contribution in [0.1, 0.15) is 31.7 Å². The molecule has 5 nitrogen and oxygen atoms in total. The number of hydrogen-bond acceptors (Lipinski definition) is 5. The van der Waals surface area contributed by atoms with E-state index in [1.54, 1.807) is 13.0 Å². The predicted molar refractivity (Wildman–Crippen MR) is 67.5 cm³/mol. The first-order valence-corrected chi connectivity index (χ1v) is 6.21. The topological polar surface area (TPSA) is 70.2 Å². The van der Waals surface area contributed by atoms with Gasteiger partial charge in [-0.2, -0.15) is 0 Å². The Labute approximate surface area is 105 Å². The molecule has 17 heavy (non-hydrogen) atoms. The van der Waals surface area contributed by atoms with E-state index in [9.17, 15) is 5.11 Å². The minimum atomic E-state index is -0.406. The Balaban J connectivity index is 2.14. The molecule has 94 valence electrons. The Morgan fingerprint density at radius 1 is 1.76 bits per heavy atom. The SMILES string of the molecule is CC(O)CNc1cc(=S)nc(C2CCCO2)[nH]1. The van der Waals surface area contributed by atoms with E-state index >= 15 is 0 Å². The van der Waals surface area contributed by atoms with Crippen molar-refractivity contribution in [1.82, 2.24) is 9.97 Å². The molecule has 0 aromatic carbocycles. The van der Waals surface area contributed by atoms with Crippen LogP contribution in [0.4, 0.5) is 5.82 Å². The first kappa shape index (κ1) is 12.5. The number of nitrogens with one attached hydrogen (secondary N) is 2. The zero-order chi connectivity index (χ0) is 12.3. The summed E-state index contributed by atoms with van der Waals surface area (Å²) in [5, 5.41) is 12.3. The van der Waals surface area contributed by atoms with Gasteiger partial charge in [0.1, 0.15) is 22.4 Å². The van der Waals surface area contributed by atoms with Crippen LogP contribution in [0.25, 0.3) is 0 Å². The molecule has 0 amide bonds. The lowest BCUT2D eigenvalue weighted by Crippen LogP contribution is -2.17. The average molecular weight is 255 g/mol. The summed E-state index contributed by atoms with van der Waals surface area (Å²) >= 11 is 5.11. The summed E-state index contributed by atoms with van der Waals surface area (Å²) in [7, 11) is 0. The van der Waals surface area contributed by atoms with E-state index in [1.165, 1.54) is 0 Å². The molecule has 2 rings (SSSR count). The molecule has 1 aliphatic heterocycles. The second-order valence-electron chi connectivity index (χ2n) is 4.25. The predicted octanol–water partition coefficient (Wildman–Crippen LogP) is 1.78. The van der Waals surface area contributed by atoms with Crippen molar-refractivity contribution in [2.45, 2.75) is 32.0 Å². The van der Waals surface area contributed by atoms with Crippen LogP contribution >= 0.6 is 12.2 Å². The molecule has 1 fully saturated rings. The Morgan fingerprint density at radius 3 is 3.24 bits per heavy atom. The first-order chi connectivity index (χ1) is 8.15. The lowest BCUT2D eigenvalue weighted by atomic mass is 10.2. The molecule has 0 aliphatic carbocycles. The van der Waals surface area contributed by atoms with Gasteiger partial charge in [0.15, 0.2) is 0 Å². The maximum absolute atomic E-state index is 9.22. The zero-order valence-electron chi connectivity index (χ0n) is 9.77. The van der Waals surface area contributed by atoms with Crippen molar-refractivity contribution in [1.29, 1.82) is 0 Å². The van der Waals surface area contributed by atoms with Crippen molar-refractivity contribution in [3.63, 3.8) is 0 Å². The van der Waals surface area contributed by atoms with E-state index in [-0.39, 0.29) is 6.10 Å². The van der Waals surface area contributed by atoms with Gasteiger partial charge in [0.2, 0.25) is 0 Å². The fourth-order valence-electron chi connectivity index (χ4n) is 1.78. The Kier molecular flexibility index (Phi) is 4.09. The van der Waals surface area contributed by atoms with E-state index in [0.29, 0.717) is 11.2 Å². The number of aromatic amines is 1. The van der Waals surface area contributed by atoms with Gasteiger partial charge in [0, 0.05) is 19.2 Å². The van der Waals surface area contributed by atoms with Gasteiger partial charge in [0.05, 0.1) is 6.10 Å². The third kappa shape index (κ3) is 3.49. The number of rotatable bonds is 4. The highest BCUT2D eigenvalue weighted by molar-refractivity contribution is 7.71. The summed E-state index contributed by atoms with van der Waals surface area (Å²) in [6.45, 7) is 2.97. The summed E-state index contributed by atoms with van der Waals surface area (Å²) in [6.07, 6.45) is 1.64. The van der Waals surface area contributed by atoms with Gasteiger partial charge in [-0.25, -0.2) is 4.98 Å². The molecule has 0 spiro atoms. The number of aromatic nitrogens is 2. The smallest absolute Gasteiger partial charge is 0.138 e. The molecule has 6 heteroatoms. The summed E-state index contributed by atoms with van der Waals surface area (Å²) < 4.78 is 6.09. The van der Waals surface area contributed by atoms with Crippen LogP contribution < -0.4 is 5.32 Å². The van der Waals surface area contributed by atoms with E-state index < -0.39 is 6.10 Å². The van der Waals surface area contributed by atoms with Gasteiger partial charge in [-0.1, -0.05) is 12.2 Å². The molecular weight excluding hydrogens is 238 g/mol. The fourth-order valence-corrected chi connectivity index (χ4v) is 1.99. The number of hydrogen-bond donors (Lipinski definition) is 3. The number of ether oxygens (including phenoxy) is 1. The highest BCUT2D eigenvalue weighted by atomic mass is 32.1. The molecule has 1 aromatic heterocycles. The monoisotopic (exact) mass is 255 g/mol. The third-order valence-electron chi connectivity index (χ3n) is 2.58. The molecule has 1 aliphatic rings. The molecule has 1 saturated heterocycles. The number of aliphatic hydroxyl groups excluding tert-OH is 1. The minimum absolute atomic E-state index is 0.0185. The minimum Gasteiger partial charge on any atom is -0.392 e. The molecule has 2 heterocycles. The van der Waals surface area contributed by atoms with Crippen molar-refractivity contribution in [3.8, 4) is 0 Å². The van der Waals surface area contributed by atoms with E-state index in [1.807, 2.05) is 0 Å². The van der Waals surface area contributed by atoms with Crippen LogP contribution in [0.15, 0.2) is 6.07 Å². The quantitative estimate of drug-likeness (QED) is 0.715. The van der Waals surface area contributed by atoms with Gasteiger partial charge < -0.3 is 20.1 Å². The van der Waals surface area contributed by atoms with Crippen LogP contribution in [0.3, 0.4) is 0 Å². The maximum Gasteiger partial charge on any atom is 0.138 e. The highest BCUT2D eigenvalue weighted by Gasteiger charge is 2.20. The van der Waals surface area contributed by atoms with Gasteiger partial charge in [-0.3, -0.25) is 0 Å². The second kappa shape index (κ2) is 5.57. The molecule has 0 bridgehead atoms. The summed E-state index contributed by atoms with van der Waals surface area (Å²) in [6, 6.07) is 1.75. The number of anilines is 1. The van der Waals surface area contributed by atoms with Crippen LogP contribution in [-0.4, -0.2) is 34.3 Å². The van der Waals surface area contributed by atoms with Crippen molar-refractivity contribution in [2.75, 3.05) is 18.5 Å². The lowest BCUT2D eigenvalue weighted by Gasteiger charge is -2.13. The second-order valence-corrected chi connectivity index (χ2v) is 4.67. The van der Waals surface area contributed by atoms with E-state index in [0.717, 1.165) is 31.1 Å². The Hall–Kier alpha value is -0.980. The average Bonchev–Trinajstić information content (AvgIpc) is 2.79. The molecule has 1 aromatic rings. The van der Waals surface area contributed by atoms with E-state index in [4.69, 9.17) is 17.0 Å². The molecule has 3 N–H and O–H groups in total. The van der Waals surface area contributed by atoms with Crippen LogP contribution in [0.2, 0.25) is 0 Å². The van der Waals surface area contributed by atoms with Crippen molar-refractivity contribution in [3.05, 3.63) is 16.5 Å². The van der Waals surface area contributed by atoms with Crippen LogP contribution in [-0.2, 0) is 4.74 Å². The third-order valence-corrected chi connectivity index (χ3v) is 2.79. The summed E-state index contributed by atoms with van der Waals surface area (Å²) in [5.41, 5.74) is 0. The molecule has 2 atom stereocenters. The molecular formula is C11H17N3O2S. The lowest BCUT2D eigenvalue weighted by molar-refractivity contribution is 0.105. The summed E-state index contributed by atoms with van der Waals surface area (Å²) in [4.78, 5) is 7.43. The fraction of sp³-hybridized carbons (Fsp3) is 0.636. The van der Waals surface area contributed by atoms with Crippen molar-refractivity contribution in [2.24, 2.45) is 0 Å². The van der Waals surface area contributed by atoms with Gasteiger partial charge in [0.25, 0.3) is 0 Å². The van der Waals surface area contributed by atoms with Crippen LogP contribution in [0.5, 0.6) is 0 Å². The normalized spacial score (nSPS) is 21.4. The van der Waals surface area contributed by atoms with Gasteiger partial charge in [-0.15, -0.1) is 0 Å². The molecule has 0 radical (unpaired) electrons. The Morgan fingerprint density at radius 2 is 2.59 bits per heavy atom. The largest absolute Gasteiger partial charge is 0.392 e. The van der Waals surface area contributed by atoms with Crippen molar-refractivity contribution >= 4 is 18.0 Å². The van der Waals surface area contributed by atoms with Crippen LogP contribution in [0, 0.1) is 4.64 Å². The van der Waals surface area contributed by atoms with Gasteiger partial charge in [-0.05, 0) is 19.8 Å². The van der Waals surface area contributed by atoms with E-state index in [2.05, 4.69) is 15.3 Å². The maximum atomic E-state index is 9.22. The molecule has 2 unspecified atom stereocenters. The number of aliphatic hydroxyl groups is 1. The van der Waals surface area contributed by atoms with Crippen molar-refractivity contribution < 1.29 is 9.84 Å². The number of H-pyrrole nitrogens is 1. The standard InChI is InChI=1S/C11H17N3O2S/c1-7(15)6-12-9-5-10(17)14-11(13-9)8-3-2-4-16-8/h5,7-8,15H,2-4,6H2,1H3,(H2,12,13,14,17).